The molecule has 0 aliphatic heterocycles. The van der Waals surface area contributed by atoms with Gasteiger partial charge in [0, 0.05) is 17.6 Å². The summed E-state index contributed by atoms with van der Waals surface area (Å²) >= 11 is 3.26. The van der Waals surface area contributed by atoms with E-state index in [1.807, 2.05) is 32.9 Å². The number of halogens is 1. The van der Waals surface area contributed by atoms with Crippen LogP contribution in [0.2, 0.25) is 0 Å². The van der Waals surface area contributed by atoms with Gasteiger partial charge < -0.3 is 15.7 Å². The molecule has 1 unspecified atom stereocenters. The van der Waals surface area contributed by atoms with Crippen LogP contribution < -0.4 is 10.6 Å². The van der Waals surface area contributed by atoms with E-state index >= 15 is 0 Å². The molecule has 0 radical (unpaired) electrons. The smallest absolute Gasteiger partial charge is 0.237 e. The Hall–Kier alpha value is -1.07. The molecule has 1 rings (SSSR count). The number of phenolic OH excluding ortho intramolecular Hbond substituents is 1. The second kappa shape index (κ2) is 6.39. The summed E-state index contributed by atoms with van der Waals surface area (Å²) in [6.07, 6.45) is 0. The van der Waals surface area contributed by atoms with Crippen LogP contribution in [0.3, 0.4) is 0 Å². The van der Waals surface area contributed by atoms with E-state index in [9.17, 15) is 9.90 Å². The molecule has 106 valence electrons. The van der Waals surface area contributed by atoms with Crippen molar-refractivity contribution in [3.8, 4) is 5.75 Å². The summed E-state index contributed by atoms with van der Waals surface area (Å²) < 4.78 is 0.651. The Bertz CT molecular complexity index is 455. The fourth-order valence-electron chi connectivity index (χ4n) is 1.54. The number of hydrogen-bond acceptors (Lipinski definition) is 3. The molecule has 0 spiro atoms. The van der Waals surface area contributed by atoms with Gasteiger partial charge in [0.1, 0.15) is 5.75 Å². The monoisotopic (exact) mass is 328 g/mol. The van der Waals surface area contributed by atoms with E-state index in [0.717, 1.165) is 5.56 Å². The van der Waals surface area contributed by atoms with E-state index in [0.29, 0.717) is 11.0 Å². The lowest BCUT2D eigenvalue weighted by Crippen LogP contribution is -2.49. The summed E-state index contributed by atoms with van der Waals surface area (Å²) in [7, 11) is 0. The van der Waals surface area contributed by atoms with E-state index in [1.165, 1.54) is 0 Å². The van der Waals surface area contributed by atoms with Gasteiger partial charge in [0.25, 0.3) is 0 Å². The van der Waals surface area contributed by atoms with Crippen molar-refractivity contribution in [1.82, 2.24) is 10.6 Å². The van der Waals surface area contributed by atoms with E-state index in [4.69, 9.17) is 0 Å². The van der Waals surface area contributed by atoms with Crippen molar-refractivity contribution < 1.29 is 9.90 Å². The Morgan fingerprint density at radius 3 is 2.63 bits per heavy atom. The van der Waals surface area contributed by atoms with Crippen LogP contribution in [0.15, 0.2) is 22.7 Å². The maximum atomic E-state index is 11.9. The third kappa shape index (κ3) is 5.20. The van der Waals surface area contributed by atoms with Crippen LogP contribution in [0, 0.1) is 0 Å². The average molecular weight is 329 g/mol. The maximum absolute atomic E-state index is 11.9. The molecule has 0 saturated carbocycles. The molecule has 1 amide bonds. The molecule has 3 N–H and O–H groups in total. The van der Waals surface area contributed by atoms with Crippen LogP contribution in [-0.4, -0.2) is 22.6 Å². The number of para-hydroxylation sites is 1. The molecular formula is C14H21BrN2O2. The van der Waals surface area contributed by atoms with Gasteiger partial charge in [-0.3, -0.25) is 4.79 Å². The number of amides is 1. The van der Waals surface area contributed by atoms with Crippen molar-refractivity contribution in [3.63, 3.8) is 0 Å². The van der Waals surface area contributed by atoms with Gasteiger partial charge in [-0.1, -0.05) is 12.1 Å². The van der Waals surface area contributed by atoms with E-state index in [2.05, 4.69) is 26.6 Å². The van der Waals surface area contributed by atoms with Crippen LogP contribution in [0.25, 0.3) is 0 Å². The van der Waals surface area contributed by atoms with E-state index < -0.39 is 0 Å². The lowest BCUT2D eigenvalue weighted by Gasteiger charge is -2.23. The van der Waals surface area contributed by atoms with Crippen molar-refractivity contribution in [2.45, 2.75) is 45.8 Å². The minimum atomic E-state index is -0.322. The molecule has 0 aromatic heterocycles. The molecule has 1 aromatic rings. The highest BCUT2D eigenvalue weighted by molar-refractivity contribution is 9.10. The first kappa shape index (κ1) is 16.0. The quantitative estimate of drug-likeness (QED) is 0.796. The number of aromatic hydroxyl groups is 1. The van der Waals surface area contributed by atoms with Gasteiger partial charge >= 0.3 is 0 Å². The summed E-state index contributed by atoms with van der Waals surface area (Å²) in [5, 5.41) is 15.9. The SMILES string of the molecule is CC(NCc1cccc(Br)c1O)C(=O)NC(C)(C)C. The number of carbonyl (C=O) groups excluding carboxylic acids is 1. The summed E-state index contributed by atoms with van der Waals surface area (Å²) in [6.45, 7) is 8.06. The van der Waals surface area contributed by atoms with Crippen LogP contribution >= 0.6 is 15.9 Å². The van der Waals surface area contributed by atoms with Gasteiger partial charge in [-0.2, -0.15) is 0 Å². The molecule has 4 nitrogen and oxygen atoms in total. The molecule has 1 atom stereocenters. The molecular weight excluding hydrogens is 308 g/mol. The Balaban J connectivity index is 2.57. The predicted octanol–water partition coefficient (Wildman–Crippen LogP) is 2.55. The molecule has 1 aromatic carbocycles. The third-order valence-corrected chi connectivity index (χ3v) is 3.20. The van der Waals surface area contributed by atoms with Crippen molar-refractivity contribution in [2.75, 3.05) is 0 Å². The zero-order chi connectivity index (χ0) is 14.6. The molecule has 5 heteroatoms. The number of benzene rings is 1. The lowest BCUT2D eigenvalue weighted by atomic mass is 10.1. The maximum Gasteiger partial charge on any atom is 0.237 e. The Labute approximate surface area is 122 Å². The highest BCUT2D eigenvalue weighted by Crippen LogP contribution is 2.27. The zero-order valence-electron chi connectivity index (χ0n) is 11.7. The van der Waals surface area contributed by atoms with Crippen molar-refractivity contribution in [1.29, 1.82) is 0 Å². The minimum absolute atomic E-state index is 0.0537. The molecule has 19 heavy (non-hydrogen) atoms. The second-order valence-corrected chi connectivity index (χ2v) is 6.44. The van der Waals surface area contributed by atoms with Crippen LogP contribution in [0.1, 0.15) is 33.3 Å². The topological polar surface area (TPSA) is 61.4 Å². The average Bonchev–Trinajstić information content (AvgIpc) is 2.28. The van der Waals surface area contributed by atoms with Gasteiger partial charge in [0.2, 0.25) is 5.91 Å². The van der Waals surface area contributed by atoms with E-state index in [1.54, 1.807) is 13.0 Å². The largest absolute Gasteiger partial charge is 0.506 e. The van der Waals surface area contributed by atoms with Gasteiger partial charge in [0.15, 0.2) is 0 Å². The van der Waals surface area contributed by atoms with Gasteiger partial charge in [-0.25, -0.2) is 0 Å². The number of rotatable bonds is 4. The number of hydrogen-bond donors (Lipinski definition) is 3. The molecule has 0 fully saturated rings. The first-order valence-corrected chi connectivity index (χ1v) is 7.02. The van der Waals surface area contributed by atoms with Crippen LogP contribution in [0.5, 0.6) is 5.75 Å². The number of carbonyl (C=O) groups is 1. The highest BCUT2D eigenvalue weighted by atomic mass is 79.9. The molecule has 0 heterocycles. The normalized spacial score (nSPS) is 13.1. The van der Waals surface area contributed by atoms with Crippen molar-refractivity contribution in [2.24, 2.45) is 0 Å². The minimum Gasteiger partial charge on any atom is -0.506 e. The molecule has 0 aliphatic carbocycles. The summed E-state index contributed by atoms with van der Waals surface area (Å²) in [6, 6.07) is 5.12. The number of phenols is 1. The van der Waals surface area contributed by atoms with Crippen LogP contribution in [0.4, 0.5) is 0 Å². The second-order valence-electron chi connectivity index (χ2n) is 5.59. The highest BCUT2D eigenvalue weighted by Gasteiger charge is 2.19. The summed E-state index contributed by atoms with van der Waals surface area (Å²) in [4.78, 5) is 11.9. The Kier molecular flexibility index (Phi) is 5.38. The summed E-state index contributed by atoms with van der Waals surface area (Å²) in [5.74, 6) is 0.153. The van der Waals surface area contributed by atoms with Gasteiger partial charge in [0.05, 0.1) is 10.5 Å². The van der Waals surface area contributed by atoms with E-state index in [-0.39, 0.29) is 23.2 Å². The Morgan fingerprint density at radius 2 is 2.05 bits per heavy atom. The number of nitrogens with one attached hydrogen (secondary N) is 2. The van der Waals surface area contributed by atoms with Crippen molar-refractivity contribution in [3.05, 3.63) is 28.2 Å². The van der Waals surface area contributed by atoms with Gasteiger partial charge in [-0.05, 0) is 49.7 Å². The Morgan fingerprint density at radius 1 is 1.42 bits per heavy atom. The molecule has 0 saturated heterocycles. The fourth-order valence-corrected chi connectivity index (χ4v) is 1.94. The van der Waals surface area contributed by atoms with Crippen LogP contribution in [-0.2, 0) is 11.3 Å². The van der Waals surface area contributed by atoms with Gasteiger partial charge in [-0.15, -0.1) is 0 Å². The first-order valence-electron chi connectivity index (χ1n) is 6.22. The standard InChI is InChI=1S/C14H21BrN2O2/c1-9(13(19)17-14(2,3)4)16-8-10-6-5-7-11(15)12(10)18/h5-7,9,16,18H,8H2,1-4H3,(H,17,19). The fraction of sp³-hybridized carbons (Fsp3) is 0.500. The molecule has 0 bridgehead atoms. The predicted molar refractivity (Wildman–Crippen MR) is 80.0 cm³/mol. The zero-order valence-corrected chi connectivity index (χ0v) is 13.3. The lowest BCUT2D eigenvalue weighted by molar-refractivity contribution is -0.124. The molecule has 0 aliphatic rings. The first-order chi connectivity index (χ1) is 8.70. The van der Waals surface area contributed by atoms with Crippen molar-refractivity contribution >= 4 is 21.8 Å². The third-order valence-electron chi connectivity index (χ3n) is 2.56. The summed E-state index contributed by atoms with van der Waals surface area (Å²) in [5.41, 5.74) is 0.509.